The summed E-state index contributed by atoms with van der Waals surface area (Å²) in [6.07, 6.45) is 27.9. The number of hydrogen-bond acceptors (Lipinski definition) is 6. The highest BCUT2D eigenvalue weighted by Gasteiger charge is 2.18. The van der Waals surface area contributed by atoms with Crippen molar-refractivity contribution in [1.29, 1.82) is 0 Å². The van der Waals surface area contributed by atoms with Crippen molar-refractivity contribution in [3.8, 4) is 21.3 Å². The molecule has 4 aromatic rings. The summed E-state index contributed by atoms with van der Waals surface area (Å²) in [7, 11) is 0. The highest BCUT2D eigenvalue weighted by molar-refractivity contribution is 7.14. The molecule has 0 fully saturated rings. The van der Waals surface area contributed by atoms with Gasteiger partial charge in [0, 0.05) is 0 Å². The van der Waals surface area contributed by atoms with Crippen LogP contribution in [0.1, 0.15) is 153 Å². The summed E-state index contributed by atoms with van der Waals surface area (Å²) in [5.74, 6) is 0.930. The van der Waals surface area contributed by atoms with E-state index in [9.17, 15) is 9.59 Å². The number of aryl methyl sites for hydroxylation is 2. The molecular formula is C40H56O4S2. The molecule has 0 aliphatic rings. The number of thiophene rings is 2. The molecule has 0 spiro atoms. The molecule has 4 rings (SSSR count). The van der Waals surface area contributed by atoms with Crippen LogP contribution in [0.3, 0.4) is 0 Å². The second-order valence-corrected chi connectivity index (χ2v) is 14.9. The van der Waals surface area contributed by atoms with Crippen LogP contribution in [0.25, 0.3) is 32.0 Å². The van der Waals surface area contributed by atoms with Crippen molar-refractivity contribution in [1.82, 2.24) is 0 Å². The Morgan fingerprint density at radius 3 is 1.15 bits per heavy atom. The van der Waals surface area contributed by atoms with E-state index in [4.69, 9.17) is 8.83 Å². The maximum atomic E-state index is 13.2. The van der Waals surface area contributed by atoms with E-state index in [1.54, 1.807) is 34.8 Å². The molecule has 4 nitrogen and oxygen atoms in total. The first-order valence-corrected chi connectivity index (χ1v) is 20.1. The summed E-state index contributed by atoms with van der Waals surface area (Å²) in [4.78, 5) is 28.4. The summed E-state index contributed by atoms with van der Waals surface area (Å²) in [5.41, 5.74) is 1.41. The molecule has 0 atom stereocenters. The van der Waals surface area contributed by atoms with E-state index < -0.39 is 11.3 Å². The largest absolute Gasteiger partial charge is 0.421 e. The van der Waals surface area contributed by atoms with Crippen molar-refractivity contribution >= 4 is 33.4 Å². The third-order valence-corrected chi connectivity index (χ3v) is 11.2. The monoisotopic (exact) mass is 664 g/mol. The quantitative estimate of drug-likeness (QED) is 0.0699. The van der Waals surface area contributed by atoms with Gasteiger partial charge in [0.15, 0.2) is 0 Å². The second kappa shape index (κ2) is 20.7. The van der Waals surface area contributed by atoms with Gasteiger partial charge >= 0.3 is 11.3 Å². The molecule has 0 N–H and O–H groups in total. The molecule has 0 saturated carbocycles. The van der Waals surface area contributed by atoms with Crippen LogP contribution >= 0.6 is 22.7 Å². The fraction of sp³-hybridized carbons (Fsp3) is 0.600. The fourth-order valence-corrected chi connectivity index (χ4v) is 8.26. The first-order valence-electron chi connectivity index (χ1n) is 18.4. The van der Waals surface area contributed by atoms with Crippen LogP contribution < -0.4 is 11.3 Å². The van der Waals surface area contributed by atoms with Crippen LogP contribution in [0.15, 0.2) is 53.4 Å². The van der Waals surface area contributed by atoms with Gasteiger partial charge in [-0.2, -0.15) is 0 Å². The van der Waals surface area contributed by atoms with Gasteiger partial charge in [-0.15, -0.1) is 22.7 Å². The lowest BCUT2D eigenvalue weighted by Gasteiger charge is -2.07. The van der Waals surface area contributed by atoms with E-state index in [2.05, 4.69) is 26.0 Å². The standard InChI is InChI=1S/C40H56O4S2/c1-3-5-7-9-11-13-15-17-19-21-23-31-25-27-45-37(31)35-29-33-34(39(41)43-35)30-36(44-40(33)42)38-32(26-28-46-38)24-22-20-18-16-14-12-10-8-6-4-2/h25-30H,3-24H2,1-2H3. The molecule has 6 heteroatoms. The van der Waals surface area contributed by atoms with Crippen LogP contribution in [0.5, 0.6) is 0 Å². The predicted octanol–water partition coefficient (Wildman–Crippen LogP) is 13.1. The van der Waals surface area contributed by atoms with E-state index >= 15 is 0 Å². The summed E-state index contributed by atoms with van der Waals surface area (Å²) in [6, 6.07) is 7.66. The second-order valence-electron chi connectivity index (χ2n) is 13.0. The van der Waals surface area contributed by atoms with Crippen molar-refractivity contribution in [3.63, 3.8) is 0 Å². The Hall–Kier alpha value is -2.44. The first-order chi connectivity index (χ1) is 22.6. The van der Waals surface area contributed by atoms with E-state index in [0.717, 1.165) is 35.4 Å². The zero-order chi connectivity index (χ0) is 32.4. The third kappa shape index (κ3) is 11.4. The maximum absolute atomic E-state index is 13.2. The SMILES string of the molecule is CCCCCCCCCCCCc1ccsc1-c1cc2c(=O)oc(-c3sccc3CCCCCCCCCCCC)cc2c(=O)o1. The minimum atomic E-state index is -0.479. The maximum Gasteiger partial charge on any atom is 0.344 e. The van der Waals surface area contributed by atoms with Gasteiger partial charge in [-0.25, -0.2) is 9.59 Å². The van der Waals surface area contributed by atoms with Crippen molar-refractivity contribution in [2.24, 2.45) is 0 Å². The molecule has 46 heavy (non-hydrogen) atoms. The zero-order valence-corrected chi connectivity index (χ0v) is 30.1. The number of hydrogen-bond donors (Lipinski definition) is 0. The lowest BCUT2D eigenvalue weighted by Crippen LogP contribution is -2.09. The molecule has 0 aromatic carbocycles. The molecule has 0 amide bonds. The molecule has 0 aliphatic carbocycles. The summed E-state index contributed by atoms with van der Waals surface area (Å²) in [5, 5.41) is 4.68. The van der Waals surface area contributed by atoms with Gasteiger partial charge in [-0.05, 0) is 71.8 Å². The Kier molecular flexibility index (Phi) is 16.4. The highest BCUT2D eigenvalue weighted by atomic mass is 32.1. The van der Waals surface area contributed by atoms with Crippen molar-refractivity contribution in [2.75, 3.05) is 0 Å². The zero-order valence-electron chi connectivity index (χ0n) is 28.5. The van der Waals surface area contributed by atoms with Crippen molar-refractivity contribution < 1.29 is 8.83 Å². The van der Waals surface area contributed by atoms with Crippen molar-refractivity contribution in [2.45, 2.75) is 155 Å². The Labute approximate surface area is 284 Å². The minimum absolute atomic E-state index is 0.293. The molecule has 4 heterocycles. The van der Waals surface area contributed by atoms with Gasteiger partial charge in [0.2, 0.25) is 0 Å². The van der Waals surface area contributed by atoms with Crippen LogP contribution in [0.4, 0.5) is 0 Å². The number of fused-ring (bicyclic) bond motifs is 1. The summed E-state index contributed by atoms with van der Waals surface area (Å²) in [6.45, 7) is 4.53. The number of rotatable bonds is 24. The lowest BCUT2D eigenvalue weighted by molar-refractivity contribution is 0.520. The van der Waals surface area contributed by atoms with Crippen LogP contribution in [-0.4, -0.2) is 0 Å². The smallest absolute Gasteiger partial charge is 0.344 e. The normalized spacial score (nSPS) is 11.6. The van der Waals surface area contributed by atoms with Gasteiger partial charge < -0.3 is 8.83 Å². The van der Waals surface area contributed by atoms with Crippen molar-refractivity contribution in [3.05, 3.63) is 67.0 Å². The molecular weight excluding hydrogens is 609 g/mol. The predicted molar refractivity (Wildman–Crippen MR) is 199 cm³/mol. The minimum Gasteiger partial charge on any atom is -0.421 e. The van der Waals surface area contributed by atoms with Gasteiger partial charge in [-0.3, -0.25) is 0 Å². The topological polar surface area (TPSA) is 60.4 Å². The van der Waals surface area contributed by atoms with Gasteiger partial charge in [0.25, 0.3) is 0 Å². The van der Waals surface area contributed by atoms with E-state index in [-0.39, 0.29) is 0 Å². The third-order valence-electron chi connectivity index (χ3n) is 9.23. The number of unbranched alkanes of at least 4 members (excludes halogenated alkanes) is 18. The first kappa shape index (κ1) is 36.4. The van der Waals surface area contributed by atoms with Gasteiger partial charge in [0.1, 0.15) is 11.5 Å². The van der Waals surface area contributed by atoms with E-state index in [1.165, 1.54) is 127 Å². The Morgan fingerprint density at radius 1 is 0.478 bits per heavy atom. The van der Waals surface area contributed by atoms with Crippen LogP contribution in [0.2, 0.25) is 0 Å². The van der Waals surface area contributed by atoms with E-state index in [1.807, 2.05) is 10.8 Å². The summed E-state index contributed by atoms with van der Waals surface area (Å²) < 4.78 is 11.7. The molecule has 0 radical (unpaired) electrons. The average molecular weight is 665 g/mol. The molecule has 0 bridgehead atoms. The molecule has 0 aliphatic heterocycles. The van der Waals surface area contributed by atoms with Gasteiger partial charge in [0.05, 0.1) is 20.5 Å². The molecule has 252 valence electrons. The fourth-order valence-electron chi connectivity index (χ4n) is 6.45. The summed E-state index contributed by atoms with van der Waals surface area (Å²) >= 11 is 3.13. The molecule has 0 unspecified atom stereocenters. The van der Waals surface area contributed by atoms with Crippen LogP contribution in [-0.2, 0) is 12.8 Å². The Balaban J connectivity index is 1.31. The Morgan fingerprint density at radius 2 is 0.804 bits per heavy atom. The Bertz CT molecular complexity index is 1420. The average Bonchev–Trinajstić information content (AvgIpc) is 3.73. The molecule has 0 saturated heterocycles. The van der Waals surface area contributed by atoms with Gasteiger partial charge in [-0.1, -0.05) is 129 Å². The lowest BCUT2D eigenvalue weighted by atomic mass is 10.0. The highest BCUT2D eigenvalue weighted by Crippen LogP contribution is 2.34. The van der Waals surface area contributed by atoms with E-state index in [0.29, 0.717) is 22.3 Å². The molecule has 4 aromatic heterocycles. The van der Waals surface area contributed by atoms with Crippen LogP contribution in [0, 0.1) is 0 Å².